The second-order valence-electron chi connectivity index (χ2n) is 8.41. The fraction of sp³-hybridized carbons (Fsp3) is 0.542. The first-order valence-corrected chi connectivity index (χ1v) is 11.4. The minimum atomic E-state index is -0.194. The number of carbonyl (C=O) groups is 1. The van der Waals surface area contributed by atoms with Gasteiger partial charge in [0.1, 0.15) is 5.82 Å². The molecule has 2 aliphatic rings. The number of carbonyl (C=O) groups excluding carboxylic acids is 1. The maximum Gasteiger partial charge on any atom is 0.255 e. The van der Waals surface area contributed by atoms with E-state index in [0.717, 1.165) is 75.6 Å². The Kier molecular flexibility index (Phi) is 6.92. The number of aryl methyl sites for hydroxylation is 1. The van der Waals surface area contributed by atoms with Crippen LogP contribution in [0.3, 0.4) is 0 Å². The van der Waals surface area contributed by atoms with Crippen molar-refractivity contribution < 1.29 is 13.9 Å². The predicted octanol–water partition coefficient (Wildman–Crippen LogP) is 3.30. The maximum absolute atomic E-state index is 13.1. The number of hydrogen-bond donors (Lipinski definition) is 0. The van der Waals surface area contributed by atoms with Gasteiger partial charge < -0.3 is 19.1 Å². The molecule has 168 valence electrons. The molecule has 3 heterocycles. The van der Waals surface area contributed by atoms with Gasteiger partial charge in [-0.2, -0.15) is 0 Å². The summed E-state index contributed by atoms with van der Waals surface area (Å²) in [6.07, 6.45) is 3.73. The van der Waals surface area contributed by atoms with Crippen LogP contribution in [0, 0.1) is 5.82 Å². The van der Waals surface area contributed by atoms with Crippen molar-refractivity contribution in [2.45, 2.75) is 25.9 Å². The van der Waals surface area contributed by atoms with Crippen LogP contribution < -0.4 is 4.90 Å². The normalized spacial score (nSPS) is 20.1. The molecule has 1 aromatic carbocycles. The molecule has 6 nitrogen and oxygen atoms in total. The summed E-state index contributed by atoms with van der Waals surface area (Å²) in [6, 6.07) is 8.67. The smallest absolute Gasteiger partial charge is 0.255 e. The van der Waals surface area contributed by atoms with E-state index in [-0.39, 0.29) is 17.8 Å². The second-order valence-corrected chi connectivity index (χ2v) is 8.41. The van der Waals surface area contributed by atoms with Gasteiger partial charge in [0.25, 0.3) is 5.91 Å². The van der Waals surface area contributed by atoms with Gasteiger partial charge in [-0.25, -0.2) is 4.39 Å². The molecule has 1 amide bonds. The van der Waals surface area contributed by atoms with Crippen molar-refractivity contribution in [1.29, 1.82) is 0 Å². The summed E-state index contributed by atoms with van der Waals surface area (Å²) in [4.78, 5) is 19.9. The van der Waals surface area contributed by atoms with E-state index in [9.17, 15) is 9.18 Å². The highest BCUT2D eigenvalue weighted by Gasteiger charge is 2.30. The van der Waals surface area contributed by atoms with Crippen LogP contribution in [-0.2, 0) is 11.8 Å². The van der Waals surface area contributed by atoms with Crippen molar-refractivity contribution >= 4 is 11.6 Å². The minimum absolute atomic E-state index is 0.0199. The van der Waals surface area contributed by atoms with Crippen molar-refractivity contribution in [3.05, 3.63) is 53.6 Å². The van der Waals surface area contributed by atoms with Crippen molar-refractivity contribution in [3.63, 3.8) is 0 Å². The number of rotatable bonds is 7. The lowest BCUT2D eigenvalue weighted by Crippen LogP contribution is -2.47. The van der Waals surface area contributed by atoms with Gasteiger partial charge in [0, 0.05) is 64.8 Å². The lowest BCUT2D eigenvalue weighted by Gasteiger charge is -2.36. The Hall–Kier alpha value is -2.38. The second kappa shape index (κ2) is 9.83. The van der Waals surface area contributed by atoms with Gasteiger partial charge >= 0.3 is 0 Å². The van der Waals surface area contributed by atoms with Crippen molar-refractivity contribution in [1.82, 2.24) is 14.4 Å². The Balaban J connectivity index is 1.27. The summed E-state index contributed by atoms with van der Waals surface area (Å²) in [5.74, 6) is -0.0698. The molecule has 31 heavy (non-hydrogen) atoms. The minimum Gasteiger partial charge on any atom is -0.372 e. The molecule has 1 unspecified atom stereocenters. The summed E-state index contributed by atoms with van der Waals surface area (Å²) in [5, 5.41) is 0. The van der Waals surface area contributed by atoms with E-state index in [1.807, 2.05) is 47.8 Å². The number of aromatic nitrogens is 1. The molecule has 1 atom stereocenters. The summed E-state index contributed by atoms with van der Waals surface area (Å²) in [7, 11) is 1.99. The van der Waals surface area contributed by atoms with Crippen LogP contribution in [0.2, 0.25) is 0 Å². The number of anilines is 1. The van der Waals surface area contributed by atoms with Crippen LogP contribution in [0.5, 0.6) is 0 Å². The predicted molar refractivity (Wildman–Crippen MR) is 120 cm³/mol. The molecule has 2 aliphatic heterocycles. The Bertz CT molecular complexity index is 874. The molecule has 0 N–H and O–H groups in total. The summed E-state index contributed by atoms with van der Waals surface area (Å²) >= 11 is 0. The molecular formula is C24H33FN4O2. The standard InChI is InChI=1S/C24H33FN4O2/c1-3-31-22-10-14-29(24(30)21-9-13-26(2)23(21)22)12-4-11-27-15-17-28(18-16-27)20-7-5-19(25)6-8-20/h5-9,13,22H,3-4,10-12,14-18H2,1-2H3. The Morgan fingerprint density at radius 3 is 2.48 bits per heavy atom. The van der Waals surface area contributed by atoms with Gasteiger partial charge in [0.15, 0.2) is 0 Å². The molecule has 0 saturated carbocycles. The van der Waals surface area contributed by atoms with E-state index in [2.05, 4.69) is 9.80 Å². The van der Waals surface area contributed by atoms with Crippen LogP contribution in [0.4, 0.5) is 10.1 Å². The fourth-order valence-corrected chi connectivity index (χ4v) is 4.75. The summed E-state index contributed by atoms with van der Waals surface area (Å²) in [6.45, 7) is 8.99. The molecule has 0 aliphatic carbocycles. The third-order valence-corrected chi connectivity index (χ3v) is 6.44. The average Bonchev–Trinajstić information content (AvgIpc) is 3.11. The van der Waals surface area contributed by atoms with Gasteiger partial charge in [0.2, 0.25) is 0 Å². The van der Waals surface area contributed by atoms with Crippen LogP contribution in [0.25, 0.3) is 0 Å². The van der Waals surface area contributed by atoms with E-state index in [4.69, 9.17) is 4.74 Å². The first-order chi connectivity index (χ1) is 15.1. The highest BCUT2D eigenvalue weighted by atomic mass is 19.1. The highest BCUT2D eigenvalue weighted by Crippen LogP contribution is 2.30. The molecule has 1 fully saturated rings. The van der Waals surface area contributed by atoms with E-state index in [0.29, 0.717) is 6.61 Å². The molecule has 4 rings (SSSR count). The zero-order valence-corrected chi connectivity index (χ0v) is 18.6. The summed E-state index contributed by atoms with van der Waals surface area (Å²) in [5.41, 5.74) is 2.87. The third kappa shape index (κ3) is 4.93. The van der Waals surface area contributed by atoms with Crippen molar-refractivity contribution in [2.24, 2.45) is 7.05 Å². The molecule has 2 aromatic rings. The SMILES string of the molecule is CCOC1CCN(CCCN2CCN(c3ccc(F)cc3)CC2)C(=O)c2ccn(C)c21. The van der Waals surface area contributed by atoms with Gasteiger partial charge in [-0.3, -0.25) is 9.69 Å². The van der Waals surface area contributed by atoms with E-state index in [1.54, 1.807) is 0 Å². The molecule has 7 heteroatoms. The molecule has 0 bridgehead atoms. The number of benzene rings is 1. The van der Waals surface area contributed by atoms with E-state index in [1.165, 1.54) is 12.1 Å². The first-order valence-electron chi connectivity index (χ1n) is 11.4. The van der Waals surface area contributed by atoms with Gasteiger partial charge in [-0.15, -0.1) is 0 Å². The van der Waals surface area contributed by atoms with Gasteiger partial charge in [-0.1, -0.05) is 0 Å². The first kappa shape index (κ1) is 21.8. The Labute approximate surface area is 184 Å². The van der Waals surface area contributed by atoms with E-state index >= 15 is 0 Å². The fourth-order valence-electron chi connectivity index (χ4n) is 4.75. The van der Waals surface area contributed by atoms with Gasteiger partial charge in [0.05, 0.1) is 17.4 Å². The zero-order chi connectivity index (χ0) is 21.8. The molecule has 1 saturated heterocycles. The molecular weight excluding hydrogens is 395 g/mol. The van der Waals surface area contributed by atoms with Crippen LogP contribution in [-0.4, -0.2) is 72.7 Å². The van der Waals surface area contributed by atoms with Crippen molar-refractivity contribution in [2.75, 3.05) is 57.3 Å². The lowest BCUT2D eigenvalue weighted by atomic mass is 10.1. The number of piperazine rings is 1. The third-order valence-electron chi connectivity index (χ3n) is 6.44. The number of halogens is 1. The lowest BCUT2D eigenvalue weighted by molar-refractivity contribution is 0.0461. The monoisotopic (exact) mass is 428 g/mol. The number of nitrogens with zero attached hydrogens (tertiary/aromatic N) is 4. The van der Waals surface area contributed by atoms with Crippen LogP contribution in [0.1, 0.15) is 41.9 Å². The molecule has 1 aromatic heterocycles. The topological polar surface area (TPSA) is 41.0 Å². The largest absolute Gasteiger partial charge is 0.372 e. The Morgan fingerprint density at radius 2 is 1.77 bits per heavy atom. The summed E-state index contributed by atoms with van der Waals surface area (Å²) < 4.78 is 21.1. The zero-order valence-electron chi connectivity index (χ0n) is 18.6. The average molecular weight is 429 g/mol. The van der Waals surface area contributed by atoms with E-state index < -0.39 is 0 Å². The number of hydrogen-bond acceptors (Lipinski definition) is 4. The number of fused-ring (bicyclic) bond motifs is 1. The highest BCUT2D eigenvalue weighted by molar-refractivity contribution is 5.96. The number of ether oxygens (including phenoxy) is 1. The van der Waals surface area contributed by atoms with Crippen LogP contribution in [0.15, 0.2) is 36.5 Å². The number of amides is 1. The maximum atomic E-state index is 13.1. The molecule has 0 spiro atoms. The molecule has 0 radical (unpaired) electrons. The Morgan fingerprint density at radius 1 is 1.03 bits per heavy atom. The van der Waals surface area contributed by atoms with Crippen LogP contribution >= 0.6 is 0 Å². The van der Waals surface area contributed by atoms with Gasteiger partial charge in [-0.05, 0) is 56.6 Å². The quantitative estimate of drug-likeness (QED) is 0.679. The van der Waals surface area contributed by atoms with Crippen molar-refractivity contribution in [3.8, 4) is 0 Å².